The first-order valence-electron chi connectivity index (χ1n) is 5.93. The third kappa shape index (κ3) is 2.57. The van der Waals surface area contributed by atoms with Gasteiger partial charge in [-0.3, -0.25) is 0 Å². The van der Waals surface area contributed by atoms with Crippen LogP contribution >= 0.6 is 0 Å². The van der Waals surface area contributed by atoms with Crippen molar-refractivity contribution in [3.8, 4) is 5.75 Å². The lowest BCUT2D eigenvalue weighted by Gasteiger charge is -2.23. The number of rotatable bonds is 4. The maximum Gasteiger partial charge on any atom is 0.119 e. The quantitative estimate of drug-likeness (QED) is 0.783. The molecule has 0 spiro atoms. The van der Waals surface area contributed by atoms with E-state index in [4.69, 9.17) is 9.47 Å². The van der Waals surface area contributed by atoms with Crippen LogP contribution in [-0.4, -0.2) is 23.6 Å². The van der Waals surface area contributed by atoms with Gasteiger partial charge in [-0.2, -0.15) is 0 Å². The highest BCUT2D eigenvalue weighted by atomic mass is 28.1. The molecule has 0 aliphatic heterocycles. The number of benzene rings is 2. The van der Waals surface area contributed by atoms with Crippen LogP contribution in [0.4, 0.5) is 0 Å². The summed E-state index contributed by atoms with van der Waals surface area (Å²) in [6.07, 6.45) is 0.500. The van der Waals surface area contributed by atoms with Crippen LogP contribution in [0.2, 0.25) is 0 Å². The van der Waals surface area contributed by atoms with Gasteiger partial charge < -0.3 is 9.47 Å². The van der Waals surface area contributed by atoms with Crippen molar-refractivity contribution in [1.29, 1.82) is 0 Å². The van der Waals surface area contributed by atoms with Gasteiger partial charge >= 0.3 is 0 Å². The highest BCUT2D eigenvalue weighted by Gasteiger charge is 2.19. The second kappa shape index (κ2) is 5.12. The van der Waals surface area contributed by atoms with Crippen LogP contribution < -0.4 is 4.74 Å². The van der Waals surface area contributed by atoms with Crippen molar-refractivity contribution in [3.63, 3.8) is 0 Å². The van der Waals surface area contributed by atoms with Gasteiger partial charge in [0.25, 0.3) is 0 Å². The van der Waals surface area contributed by atoms with Crippen molar-refractivity contribution in [2.45, 2.75) is 19.4 Å². The van der Waals surface area contributed by atoms with E-state index in [2.05, 4.69) is 48.4 Å². The molecule has 3 heteroatoms. The Balaban J connectivity index is 2.44. The summed E-state index contributed by atoms with van der Waals surface area (Å²) in [6, 6.07) is 12.5. The minimum Gasteiger partial charge on any atom is -0.498 e. The minimum absolute atomic E-state index is 0.265. The van der Waals surface area contributed by atoms with Gasteiger partial charge in [-0.15, -0.1) is 0 Å². The standard InChI is InChI=1S/C15H17O2Si/c1-15(2,16-3)13-6-4-12-9-14(17-10-18)7-5-11(12)8-13/h4-9H,10H2,1-3H3. The summed E-state index contributed by atoms with van der Waals surface area (Å²) in [5.41, 5.74) is 0.908. The Kier molecular flexibility index (Phi) is 3.73. The van der Waals surface area contributed by atoms with Gasteiger partial charge in [0.2, 0.25) is 0 Å². The van der Waals surface area contributed by atoms with E-state index in [0.717, 1.165) is 5.75 Å². The van der Waals surface area contributed by atoms with Gasteiger partial charge in [0.1, 0.15) is 5.75 Å². The second-order valence-corrected chi connectivity index (χ2v) is 5.02. The third-order valence-corrected chi connectivity index (χ3v) is 3.40. The van der Waals surface area contributed by atoms with Gasteiger partial charge in [0.05, 0.1) is 22.1 Å². The second-order valence-electron chi connectivity index (χ2n) is 4.73. The van der Waals surface area contributed by atoms with Crippen molar-refractivity contribution < 1.29 is 9.47 Å². The molecule has 0 fully saturated rings. The van der Waals surface area contributed by atoms with Gasteiger partial charge in [-0.25, -0.2) is 0 Å². The normalized spacial score (nSPS) is 11.8. The molecular weight excluding hydrogens is 240 g/mol. The number of hydrogen-bond donors (Lipinski definition) is 0. The molecule has 0 aromatic heterocycles. The van der Waals surface area contributed by atoms with E-state index in [9.17, 15) is 0 Å². The predicted octanol–water partition coefficient (Wildman–Crippen LogP) is 3.23. The molecule has 2 nitrogen and oxygen atoms in total. The van der Waals surface area contributed by atoms with Crippen LogP contribution in [0, 0.1) is 0 Å². The molecule has 0 aliphatic carbocycles. The van der Waals surface area contributed by atoms with E-state index in [1.165, 1.54) is 16.3 Å². The lowest BCUT2D eigenvalue weighted by atomic mass is 9.95. The molecule has 0 N–H and O–H groups in total. The van der Waals surface area contributed by atoms with E-state index in [0.29, 0.717) is 6.23 Å². The number of hydrogen-bond acceptors (Lipinski definition) is 2. The third-order valence-electron chi connectivity index (χ3n) is 3.26. The molecule has 0 saturated carbocycles. The fraction of sp³-hybridized carbons (Fsp3) is 0.333. The zero-order valence-corrected chi connectivity index (χ0v) is 12.0. The summed E-state index contributed by atoms with van der Waals surface area (Å²) >= 11 is 0. The topological polar surface area (TPSA) is 18.5 Å². The van der Waals surface area contributed by atoms with Crippen LogP contribution in [0.5, 0.6) is 5.75 Å². The molecule has 2 rings (SSSR count). The molecular formula is C15H17O2Si. The largest absolute Gasteiger partial charge is 0.498 e. The zero-order valence-electron chi connectivity index (χ0n) is 11.0. The van der Waals surface area contributed by atoms with Crippen LogP contribution in [-0.2, 0) is 10.3 Å². The number of fused-ring (bicyclic) bond motifs is 1. The van der Waals surface area contributed by atoms with E-state index in [-0.39, 0.29) is 5.60 Å². The summed E-state index contributed by atoms with van der Waals surface area (Å²) in [5, 5.41) is 2.36. The van der Waals surface area contributed by atoms with E-state index >= 15 is 0 Å². The fourth-order valence-electron chi connectivity index (χ4n) is 1.89. The lowest BCUT2D eigenvalue weighted by molar-refractivity contribution is 0.0193. The Morgan fingerprint density at radius 2 is 1.72 bits per heavy atom. The van der Waals surface area contributed by atoms with E-state index in [1.54, 1.807) is 7.11 Å². The van der Waals surface area contributed by atoms with Crippen molar-refractivity contribution in [2.75, 3.05) is 13.3 Å². The number of methoxy groups -OCH3 is 1. The SMILES string of the molecule is COC(C)(C)c1ccc2cc(OC[Si])ccc2c1. The predicted molar refractivity (Wildman–Crippen MR) is 75.2 cm³/mol. The Hall–Kier alpha value is -1.32. The Labute approximate surface area is 111 Å². The lowest BCUT2D eigenvalue weighted by Crippen LogP contribution is -2.19. The first-order chi connectivity index (χ1) is 8.56. The Morgan fingerprint density at radius 1 is 1.06 bits per heavy atom. The zero-order chi connectivity index (χ0) is 13.2. The first-order valence-corrected chi connectivity index (χ1v) is 6.64. The van der Waals surface area contributed by atoms with Crippen LogP contribution in [0.25, 0.3) is 10.8 Å². The van der Waals surface area contributed by atoms with Crippen LogP contribution in [0.3, 0.4) is 0 Å². The minimum atomic E-state index is -0.265. The summed E-state index contributed by atoms with van der Waals surface area (Å²) in [7, 11) is 5.04. The molecule has 3 radical (unpaired) electrons. The Bertz CT molecular complexity index is 549. The molecule has 0 saturated heterocycles. The monoisotopic (exact) mass is 257 g/mol. The maximum absolute atomic E-state index is 5.50. The molecule has 0 aliphatic rings. The van der Waals surface area contributed by atoms with Crippen molar-refractivity contribution in [1.82, 2.24) is 0 Å². The summed E-state index contributed by atoms with van der Waals surface area (Å²) in [4.78, 5) is 0. The average Bonchev–Trinajstić information content (AvgIpc) is 2.38. The van der Waals surface area contributed by atoms with Gasteiger partial charge in [-0.1, -0.05) is 18.2 Å². The van der Waals surface area contributed by atoms with Crippen LogP contribution in [0.15, 0.2) is 36.4 Å². The molecule has 2 aromatic rings. The van der Waals surface area contributed by atoms with Gasteiger partial charge in [0, 0.05) is 7.11 Å². The Morgan fingerprint density at radius 3 is 2.39 bits per heavy atom. The van der Waals surface area contributed by atoms with E-state index < -0.39 is 0 Å². The highest BCUT2D eigenvalue weighted by Crippen LogP contribution is 2.28. The van der Waals surface area contributed by atoms with Crippen molar-refractivity contribution in [3.05, 3.63) is 42.0 Å². The van der Waals surface area contributed by atoms with Crippen molar-refractivity contribution in [2.24, 2.45) is 0 Å². The summed E-state index contributed by atoms with van der Waals surface area (Å²) < 4.78 is 10.9. The van der Waals surface area contributed by atoms with Gasteiger partial charge in [-0.05, 0) is 48.4 Å². The molecule has 0 bridgehead atoms. The van der Waals surface area contributed by atoms with E-state index in [1.807, 2.05) is 12.1 Å². The fourth-order valence-corrected chi connectivity index (χ4v) is 2.06. The highest BCUT2D eigenvalue weighted by molar-refractivity contribution is 6.08. The molecule has 0 unspecified atom stereocenters. The summed E-state index contributed by atoms with van der Waals surface area (Å²) in [5.74, 6) is 0.872. The maximum atomic E-state index is 5.50. The molecule has 0 amide bonds. The molecule has 0 atom stereocenters. The molecule has 0 heterocycles. The number of ether oxygens (including phenoxy) is 2. The average molecular weight is 257 g/mol. The smallest absolute Gasteiger partial charge is 0.119 e. The van der Waals surface area contributed by atoms with Crippen molar-refractivity contribution >= 4 is 21.0 Å². The summed E-state index contributed by atoms with van der Waals surface area (Å²) in [6.45, 7) is 4.13. The first kappa shape index (κ1) is 13.1. The molecule has 93 valence electrons. The van der Waals surface area contributed by atoms with Crippen LogP contribution in [0.1, 0.15) is 19.4 Å². The molecule has 18 heavy (non-hydrogen) atoms. The molecule has 2 aromatic carbocycles. The van der Waals surface area contributed by atoms with Gasteiger partial charge in [0.15, 0.2) is 0 Å².